The van der Waals surface area contributed by atoms with Crippen LogP contribution in [-0.2, 0) is 6.54 Å². The summed E-state index contributed by atoms with van der Waals surface area (Å²) in [6.07, 6.45) is 2.50. The molecule has 126 valence electrons. The fourth-order valence-corrected chi connectivity index (χ4v) is 2.13. The Morgan fingerprint density at radius 2 is 1.83 bits per heavy atom. The van der Waals surface area contributed by atoms with E-state index in [4.69, 9.17) is 5.73 Å². The molecule has 0 aliphatic heterocycles. The lowest BCUT2D eigenvalue weighted by atomic mass is 10.0. The van der Waals surface area contributed by atoms with Crippen LogP contribution in [-0.4, -0.2) is 19.7 Å². The molecule has 0 radical (unpaired) electrons. The van der Waals surface area contributed by atoms with Crippen LogP contribution in [0.5, 0.6) is 0 Å². The first-order valence-corrected chi connectivity index (χ1v) is 6.73. The Bertz CT molecular complexity index is 815. The van der Waals surface area contributed by atoms with Crippen molar-refractivity contribution >= 4 is 0 Å². The van der Waals surface area contributed by atoms with Crippen molar-refractivity contribution in [3.8, 4) is 22.6 Å². The number of benzene rings is 1. The summed E-state index contributed by atoms with van der Waals surface area (Å²) in [5.41, 5.74) is 8.04. The predicted octanol–water partition coefficient (Wildman–Crippen LogP) is 3.64. The summed E-state index contributed by atoms with van der Waals surface area (Å²) in [7, 11) is 0. The van der Waals surface area contributed by atoms with Crippen molar-refractivity contribution in [1.82, 2.24) is 19.7 Å². The van der Waals surface area contributed by atoms with Gasteiger partial charge in [-0.15, -0.1) is 5.10 Å². The van der Waals surface area contributed by atoms with Gasteiger partial charge in [0.15, 0.2) is 5.82 Å². The number of pyridine rings is 1. The van der Waals surface area contributed by atoms with E-state index in [9.17, 15) is 13.2 Å². The summed E-state index contributed by atoms with van der Waals surface area (Å²) in [5.74, 6) is -0.221. The van der Waals surface area contributed by atoms with Gasteiger partial charge in [0.2, 0.25) is 0 Å². The van der Waals surface area contributed by atoms with E-state index in [1.807, 2.05) is 0 Å². The molecule has 2 aromatic heterocycles. The standard InChI is InChI=1S/C15H12F3N5.CH4/c16-11-3-1-9(2-4-11)13-5-12(10(6-19)7-20-13)14-21-8-23(22-14)15(17)18;/h1-5,7-8,15H,6,19H2;1H4. The lowest BCUT2D eigenvalue weighted by Gasteiger charge is -2.07. The fourth-order valence-electron chi connectivity index (χ4n) is 2.13. The van der Waals surface area contributed by atoms with Crippen LogP contribution < -0.4 is 5.73 Å². The lowest BCUT2D eigenvalue weighted by Crippen LogP contribution is -2.03. The van der Waals surface area contributed by atoms with Gasteiger partial charge in [0.25, 0.3) is 0 Å². The van der Waals surface area contributed by atoms with Crippen molar-refractivity contribution in [1.29, 1.82) is 0 Å². The summed E-state index contributed by atoms with van der Waals surface area (Å²) in [4.78, 5) is 8.16. The van der Waals surface area contributed by atoms with Gasteiger partial charge in [-0.2, -0.15) is 13.5 Å². The number of hydrogen-bond acceptors (Lipinski definition) is 4. The lowest BCUT2D eigenvalue weighted by molar-refractivity contribution is 0.0564. The molecule has 0 aliphatic rings. The van der Waals surface area contributed by atoms with Gasteiger partial charge in [0.1, 0.15) is 12.1 Å². The van der Waals surface area contributed by atoms with Crippen molar-refractivity contribution in [2.75, 3.05) is 0 Å². The average Bonchev–Trinajstić information content (AvgIpc) is 3.05. The molecule has 0 amide bonds. The minimum atomic E-state index is -2.77. The van der Waals surface area contributed by atoms with E-state index in [1.54, 1.807) is 18.2 Å². The van der Waals surface area contributed by atoms with Gasteiger partial charge in [-0.25, -0.2) is 9.37 Å². The van der Waals surface area contributed by atoms with Gasteiger partial charge in [-0.3, -0.25) is 4.98 Å². The summed E-state index contributed by atoms with van der Waals surface area (Å²) in [6.45, 7) is -2.61. The molecule has 5 nitrogen and oxygen atoms in total. The summed E-state index contributed by atoms with van der Waals surface area (Å²) in [5, 5.41) is 3.75. The molecule has 0 atom stereocenters. The summed E-state index contributed by atoms with van der Waals surface area (Å²) in [6, 6.07) is 7.44. The third kappa shape index (κ3) is 3.43. The Hall–Kier alpha value is -2.74. The molecule has 3 aromatic rings. The maximum atomic E-state index is 13.0. The Morgan fingerprint density at radius 3 is 2.42 bits per heavy atom. The second kappa shape index (κ2) is 7.22. The largest absolute Gasteiger partial charge is 0.334 e. The highest BCUT2D eigenvalue weighted by molar-refractivity contribution is 5.69. The molecule has 0 saturated carbocycles. The minimum Gasteiger partial charge on any atom is -0.326 e. The van der Waals surface area contributed by atoms with Gasteiger partial charge in [0, 0.05) is 23.9 Å². The molecule has 2 heterocycles. The topological polar surface area (TPSA) is 69.6 Å². The van der Waals surface area contributed by atoms with E-state index in [2.05, 4.69) is 15.1 Å². The molecule has 3 rings (SSSR count). The molecule has 0 unspecified atom stereocenters. The summed E-state index contributed by atoms with van der Waals surface area (Å²) >= 11 is 0. The van der Waals surface area contributed by atoms with Gasteiger partial charge >= 0.3 is 6.55 Å². The molecule has 1 aromatic carbocycles. The molecule has 0 saturated heterocycles. The van der Waals surface area contributed by atoms with E-state index < -0.39 is 6.55 Å². The quantitative estimate of drug-likeness (QED) is 0.790. The zero-order valence-corrected chi connectivity index (χ0v) is 11.8. The second-order valence-corrected chi connectivity index (χ2v) is 4.76. The van der Waals surface area contributed by atoms with E-state index >= 15 is 0 Å². The number of hydrogen-bond donors (Lipinski definition) is 1. The van der Waals surface area contributed by atoms with Crippen molar-refractivity contribution in [2.45, 2.75) is 20.5 Å². The zero-order chi connectivity index (χ0) is 16.4. The van der Waals surface area contributed by atoms with Crippen molar-refractivity contribution < 1.29 is 13.2 Å². The first-order valence-electron chi connectivity index (χ1n) is 6.73. The van der Waals surface area contributed by atoms with Gasteiger partial charge < -0.3 is 5.73 Å². The predicted molar refractivity (Wildman–Crippen MR) is 84.5 cm³/mol. The highest BCUT2D eigenvalue weighted by Gasteiger charge is 2.15. The molecule has 8 heteroatoms. The smallest absolute Gasteiger partial charge is 0.326 e. The third-order valence-electron chi connectivity index (χ3n) is 3.30. The third-order valence-corrected chi connectivity index (χ3v) is 3.30. The molecular weight excluding hydrogens is 319 g/mol. The number of rotatable bonds is 4. The minimum absolute atomic E-state index is 0. The van der Waals surface area contributed by atoms with E-state index in [-0.39, 0.29) is 25.6 Å². The molecule has 24 heavy (non-hydrogen) atoms. The first kappa shape index (κ1) is 17.6. The van der Waals surface area contributed by atoms with Crippen LogP contribution in [0.1, 0.15) is 19.5 Å². The zero-order valence-electron chi connectivity index (χ0n) is 11.8. The average molecular weight is 335 g/mol. The first-order chi connectivity index (χ1) is 11.1. The van der Waals surface area contributed by atoms with Crippen LogP contribution >= 0.6 is 0 Å². The van der Waals surface area contributed by atoms with Crippen LogP contribution in [0.2, 0.25) is 0 Å². The molecule has 2 N–H and O–H groups in total. The van der Waals surface area contributed by atoms with Gasteiger partial charge in [-0.1, -0.05) is 7.43 Å². The SMILES string of the molecule is C.NCc1cnc(-c2ccc(F)cc2)cc1-c1ncn(C(F)F)n1. The van der Waals surface area contributed by atoms with Crippen LogP contribution in [0.4, 0.5) is 13.2 Å². The number of nitrogens with two attached hydrogens (primary N) is 1. The monoisotopic (exact) mass is 335 g/mol. The molecule has 0 fully saturated rings. The summed E-state index contributed by atoms with van der Waals surface area (Å²) < 4.78 is 38.8. The van der Waals surface area contributed by atoms with Crippen LogP contribution in [0, 0.1) is 5.82 Å². The van der Waals surface area contributed by atoms with Gasteiger partial charge in [0.05, 0.1) is 5.69 Å². The fraction of sp³-hybridized carbons (Fsp3) is 0.188. The number of alkyl halides is 2. The Kier molecular flexibility index (Phi) is 5.30. The number of nitrogens with zero attached hydrogens (tertiary/aromatic N) is 4. The molecular formula is C16H16F3N5. The maximum absolute atomic E-state index is 13.0. The highest BCUT2D eigenvalue weighted by Crippen LogP contribution is 2.26. The molecule has 0 aliphatic carbocycles. The number of aromatic nitrogens is 4. The van der Waals surface area contributed by atoms with E-state index in [0.29, 0.717) is 27.1 Å². The van der Waals surface area contributed by atoms with Crippen molar-refractivity contribution in [2.24, 2.45) is 5.73 Å². The Labute approximate surface area is 137 Å². The van der Waals surface area contributed by atoms with E-state index in [0.717, 1.165) is 6.33 Å². The Morgan fingerprint density at radius 1 is 1.12 bits per heavy atom. The molecule has 0 spiro atoms. The van der Waals surface area contributed by atoms with Crippen LogP contribution in [0.3, 0.4) is 0 Å². The van der Waals surface area contributed by atoms with Crippen LogP contribution in [0.15, 0.2) is 42.9 Å². The van der Waals surface area contributed by atoms with E-state index in [1.165, 1.54) is 18.3 Å². The van der Waals surface area contributed by atoms with Crippen molar-refractivity contribution in [3.63, 3.8) is 0 Å². The normalized spacial score (nSPS) is 10.7. The highest BCUT2D eigenvalue weighted by atomic mass is 19.3. The molecule has 0 bridgehead atoms. The van der Waals surface area contributed by atoms with Gasteiger partial charge in [-0.05, 0) is 35.9 Å². The second-order valence-electron chi connectivity index (χ2n) is 4.76. The van der Waals surface area contributed by atoms with Crippen molar-refractivity contribution in [3.05, 3.63) is 54.2 Å². The maximum Gasteiger partial charge on any atom is 0.334 e. The van der Waals surface area contributed by atoms with Crippen LogP contribution in [0.25, 0.3) is 22.6 Å². The number of halogens is 3. The Balaban J connectivity index is 0.00000208.